The van der Waals surface area contributed by atoms with E-state index in [4.69, 9.17) is 9.72 Å². The van der Waals surface area contributed by atoms with Gasteiger partial charge in [-0.1, -0.05) is 57.6 Å². The first-order valence-electron chi connectivity index (χ1n) is 9.32. The minimum absolute atomic E-state index is 0.173. The molecule has 3 aromatic rings. The molecule has 5 nitrogen and oxygen atoms in total. The third-order valence-corrected chi connectivity index (χ3v) is 6.08. The van der Waals surface area contributed by atoms with Gasteiger partial charge in [-0.2, -0.15) is 0 Å². The van der Waals surface area contributed by atoms with E-state index in [1.165, 1.54) is 0 Å². The molecule has 0 bridgehead atoms. The summed E-state index contributed by atoms with van der Waals surface area (Å²) in [5.74, 6) is -0.173. The molecule has 7 heteroatoms. The second-order valence-corrected chi connectivity index (χ2v) is 8.43. The van der Waals surface area contributed by atoms with Gasteiger partial charge in [0.25, 0.3) is 0 Å². The lowest BCUT2D eigenvalue weighted by atomic mass is 10.1. The number of aromatic nitrogens is 1. The lowest BCUT2D eigenvalue weighted by Gasteiger charge is -2.26. The van der Waals surface area contributed by atoms with E-state index >= 15 is 0 Å². The maximum Gasteiger partial charge on any atom is 0.248 e. The topological polar surface area (TPSA) is 54.5 Å². The summed E-state index contributed by atoms with van der Waals surface area (Å²) in [6.45, 7) is 3.08. The minimum atomic E-state index is -0.173. The molecule has 148 valence electrons. The van der Waals surface area contributed by atoms with Crippen LogP contribution in [0, 0.1) is 0 Å². The van der Waals surface area contributed by atoms with E-state index in [-0.39, 0.29) is 5.91 Å². The third-order valence-electron chi connectivity index (χ3n) is 4.47. The predicted octanol–water partition coefficient (Wildman–Crippen LogP) is 5.06. The number of amides is 1. The van der Waals surface area contributed by atoms with Crippen LogP contribution in [0.15, 0.2) is 65.1 Å². The molecule has 2 aromatic carbocycles. The van der Waals surface area contributed by atoms with Crippen LogP contribution in [0.25, 0.3) is 17.3 Å². The van der Waals surface area contributed by atoms with Crippen molar-refractivity contribution in [3.05, 3.63) is 70.0 Å². The highest BCUT2D eigenvalue weighted by Crippen LogP contribution is 2.34. The van der Waals surface area contributed by atoms with Gasteiger partial charge in [0.05, 0.1) is 23.8 Å². The molecule has 0 atom stereocenters. The van der Waals surface area contributed by atoms with Gasteiger partial charge in [-0.25, -0.2) is 4.98 Å². The summed E-state index contributed by atoms with van der Waals surface area (Å²) < 4.78 is 6.42. The molecule has 29 heavy (non-hydrogen) atoms. The molecule has 0 spiro atoms. The number of halogens is 1. The Bertz CT molecular complexity index is 997. The summed E-state index contributed by atoms with van der Waals surface area (Å²) in [5, 5.41) is 3.84. The Labute approximate surface area is 182 Å². The summed E-state index contributed by atoms with van der Waals surface area (Å²) in [7, 11) is 0. The fourth-order valence-electron chi connectivity index (χ4n) is 2.99. The number of thiazole rings is 1. The average molecular weight is 470 g/mol. The van der Waals surface area contributed by atoms with Gasteiger partial charge in [0.2, 0.25) is 5.91 Å². The largest absolute Gasteiger partial charge is 0.378 e. The SMILES string of the molecule is O=C(/C=C/c1sc(N2CCOCC2)nc1-c1ccccc1)Nc1ccc(Br)cc1. The predicted molar refractivity (Wildman–Crippen MR) is 122 cm³/mol. The summed E-state index contributed by atoms with van der Waals surface area (Å²) in [6, 6.07) is 17.6. The van der Waals surface area contributed by atoms with Crippen molar-refractivity contribution in [2.24, 2.45) is 0 Å². The molecular weight excluding hydrogens is 450 g/mol. The first kappa shape index (κ1) is 19.8. The van der Waals surface area contributed by atoms with Crippen LogP contribution in [0.5, 0.6) is 0 Å². The number of carbonyl (C=O) groups excluding carboxylic acids is 1. The zero-order valence-corrected chi connectivity index (χ0v) is 18.1. The Morgan fingerprint density at radius 3 is 2.55 bits per heavy atom. The van der Waals surface area contributed by atoms with Crippen molar-refractivity contribution in [1.82, 2.24) is 4.98 Å². The Balaban J connectivity index is 1.57. The molecule has 1 aliphatic rings. The molecule has 1 saturated heterocycles. The van der Waals surface area contributed by atoms with Crippen molar-refractivity contribution in [3.63, 3.8) is 0 Å². The fraction of sp³-hybridized carbons (Fsp3) is 0.182. The second kappa shape index (κ2) is 9.35. The average Bonchev–Trinajstić information content (AvgIpc) is 3.20. The first-order chi connectivity index (χ1) is 14.2. The Morgan fingerprint density at radius 2 is 1.83 bits per heavy atom. The molecule has 0 saturated carbocycles. The highest BCUT2D eigenvalue weighted by Gasteiger charge is 2.18. The number of carbonyl (C=O) groups is 1. The number of hydrogen-bond donors (Lipinski definition) is 1. The normalized spacial score (nSPS) is 14.3. The summed E-state index contributed by atoms with van der Waals surface area (Å²) in [4.78, 5) is 20.4. The number of benzene rings is 2. The molecule has 1 N–H and O–H groups in total. The van der Waals surface area contributed by atoms with Crippen molar-refractivity contribution < 1.29 is 9.53 Å². The van der Waals surface area contributed by atoms with E-state index < -0.39 is 0 Å². The van der Waals surface area contributed by atoms with E-state index in [9.17, 15) is 4.79 Å². The highest BCUT2D eigenvalue weighted by atomic mass is 79.9. The maximum atomic E-state index is 12.4. The van der Waals surface area contributed by atoms with Crippen LogP contribution in [0.4, 0.5) is 10.8 Å². The molecule has 1 aliphatic heterocycles. The minimum Gasteiger partial charge on any atom is -0.378 e. The lowest BCUT2D eigenvalue weighted by Crippen LogP contribution is -2.36. The van der Waals surface area contributed by atoms with Gasteiger partial charge in [0.1, 0.15) is 0 Å². The van der Waals surface area contributed by atoms with E-state index in [2.05, 4.69) is 26.1 Å². The third kappa shape index (κ3) is 5.12. The van der Waals surface area contributed by atoms with Crippen molar-refractivity contribution >= 4 is 50.1 Å². The Morgan fingerprint density at radius 1 is 1.10 bits per heavy atom. The molecule has 0 radical (unpaired) electrons. The van der Waals surface area contributed by atoms with Gasteiger partial charge >= 0.3 is 0 Å². The smallest absolute Gasteiger partial charge is 0.248 e. The van der Waals surface area contributed by atoms with E-state index in [1.54, 1.807) is 17.4 Å². The molecule has 1 aromatic heterocycles. The van der Waals surface area contributed by atoms with Crippen LogP contribution in [-0.2, 0) is 9.53 Å². The van der Waals surface area contributed by atoms with Crippen molar-refractivity contribution in [2.45, 2.75) is 0 Å². The van der Waals surface area contributed by atoms with Crippen LogP contribution < -0.4 is 10.2 Å². The van der Waals surface area contributed by atoms with Crippen LogP contribution in [0.2, 0.25) is 0 Å². The molecule has 0 aliphatic carbocycles. The van der Waals surface area contributed by atoms with Crippen molar-refractivity contribution in [2.75, 3.05) is 36.5 Å². The van der Waals surface area contributed by atoms with E-state index in [0.29, 0.717) is 13.2 Å². The van der Waals surface area contributed by atoms with Gasteiger partial charge in [0.15, 0.2) is 5.13 Å². The molecule has 1 fully saturated rings. The number of rotatable bonds is 5. The second-order valence-electron chi connectivity index (χ2n) is 6.50. The van der Waals surface area contributed by atoms with Crippen LogP contribution >= 0.6 is 27.3 Å². The van der Waals surface area contributed by atoms with Gasteiger partial charge < -0.3 is 15.0 Å². The van der Waals surface area contributed by atoms with Crippen LogP contribution in [0.3, 0.4) is 0 Å². The number of hydrogen-bond acceptors (Lipinski definition) is 5. The van der Waals surface area contributed by atoms with Gasteiger partial charge in [-0.15, -0.1) is 0 Å². The lowest BCUT2D eigenvalue weighted by molar-refractivity contribution is -0.111. The molecule has 2 heterocycles. The van der Waals surface area contributed by atoms with E-state index in [0.717, 1.165) is 44.5 Å². The van der Waals surface area contributed by atoms with Gasteiger partial charge in [-0.05, 0) is 30.3 Å². The van der Waals surface area contributed by atoms with E-state index in [1.807, 2.05) is 60.7 Å². The Hall–Kier alpha value is -2.48. The highest BCUT2D eigenvalue weighted by molar-refractivity contribution is 9.10. The van der Waals surface area contributed by atoms with Crippen LogP contribution in [-0.4, -0.2) is 37.2 Å². The quantitative estimate of drug-likeness (QED) is 0.530. The Kier molecular flexibility index (Phi) is 6.39. The number of morpholine rings is 1. The molecule has 0 unspecified atom stereocenters. The fourth-order valence-corrected chi connectivity index (χ4v) is 4.30. The van der Waals surface area contributed by atoms with Crippen molar-refractivity contribution in [3.8, 4) is 11.3 Å². The monoisotopic (exact) mass is 469 g/mol. The summed E-state index contributed by atoms with van der Waals surface area (Å²) >= 11 is 4.99. The standard InChI is InChI=1S/C22H20BrN3O2S/c23-17-6-8-18(9-7-17)24-20(27)11-10-19-21(16-4-2-1-3-5-16)25-22(29-19)26-12-14-28-15-13-26/h1-11H,12-15H2,(H,24,27)/b11-10+. The number of nitrogens with one attached hydrogen (secondary N) is 1. The maximum absolute atomic E-state index is 12.4. The molecular formula is C22H20BrN3O2S. The molecule has 1 amide bonds. The van der Waals surface area contributed by atoms with Gasteiger partial charge in [0, 0.05) is 34.9 Å². The summed E-state index contributed by atoms with van der Waals surface area (Å²) in [5.41, 5.74) is 2.69. The van der Waals surface area contributed by atoms with Crippen molar-refractivity contribution in [1.29, 1.82) is 0 Å². The number of ether oxygens (including phenoxy) is 1. The number of anilines is 2. The summed E-state index contributed by atoms with van der Waals surface area (Å²) in [6.07, 6.45) is 3.41. The first-order valence-corrected chi connectivity index (χ1v) is 10.9. The number of nitrogens with zero attached hydrogens (tertiary/aromatic N) is 2. The van der Waals surface area contributed by atoms with Gasteiger partial charge in [-0.3, -0.25) is 4.79 Å². The zero-order chi connectivity index (χ0) is 20.1. The van der Waals surface area contributed by atoms with Crippen LogP contribution in [0.1, 0.15) is 4.88 Å². The zero-order valence-electron chi connectivity index (χ0n) is 15.7. The molecule has 4 rings (SSSR count).